The molecule has 0 atom stereocenters. The number of thioether (sulfide) groups is 1. The van der Waals surface area contributed by atoms with Crippen molar-refractivity contribution in [3.63, 3.8) is 0 Å². The van der Waals surface area contributed by atoms with Crippen LogP contribution in [0, 0.1) is 6.92 Å². The second kappa shape index (κ2) is 8.10. The van der Waals surface area contributed by atoms with E-state index in [1.54, 1.807) is 12.1 Å². The van der Waals surface area contributed by atoms with Gasteiger partial charge in [0.25, 0.3) is 5.56 Å². The number of halogens is 1. The SMILES string of the molecule is Cc1ccc(NC(=O)Cn2cnc3nc(N4CCSCC4)sc3c2=O)cc1Cl. The highest BCUT2D eigenvalue weighted by molar-refractivity contribution is 7.99. The Morgan fingerprint density at radius 1 is 1.32 bits per heavy atom. The van der Waals surface area contributed by atoms with Crippen molar-refractivity contribution in [3.8, 4) is 0 Å². The highest BCUT2D eigenvalue weighted by Gasteiger charge is 2.18. The monoisotopic (exact) mass is 435 g/mol. The summed E-state index contributed by atoms with van der Waals surface area (Å²) in [6.07, 6.45) is 1.38. The third kappa shape index (κ3) is 4.01. The first-order chi connectivity index (χ1) is 13.5. The van der Waals surface area contributed by atoms with Crippen molar-refractivity contribution in [2.75, 3.05) is 34.8 Å². The van der Waals surface area contributed by atoms with Crippen LogP contribution in [0.4, 0.5) is 10.8 Å². The molecule has 0 spiro atoms. The van der Waals surface area contributed by atoms with Crippen molar-refractivity contribution in [3.05, 3.63) is 45.5 Å². The average molecular weight is 436 g/mol. The fourth-order valence-corrected chi connectivity index (χ4v) is 4.97. The third-order valence-electron chi connectivity index (χ3n) is 4.42. The average Bonchev–Trinajstić information content (AvgIpc) is 3.13. The Morgan fingerprint density at radius 2 is 2.11 bits per heavy atom. The number of hydrogen-bond donors (Lipinski definition) is 1. The topological polar surface area (TPSA) is 80.1 Å². The minimum absolute atomic E-state index is 0.124. The Hall–Kier alpha value is -2.10. The molecule has 0 bridgehead atoms. The van der Waals surface area contributed by atoms with Crippen LogP contribution in [0.25, 0.3) is 10.3 Å². The Morgan fingerprint density at radius 3 is 2.86 bits per heavy atom. The maximum atomic E-state index is 12.8. The highest BCUT2D eigenvalue weighted by Crippen LogP contribution is 2.27. The van der Waals surface area contributed by atoms with Gasteiger partial charge in [0.2, 0.25) is 5.91 Å². The second-order valence-electron chi connectivity index (χ2n) is 6.44. The predicted molar refractivity (Wildman–Crippen MR) is 116 cm³/mol. The van der Waals surface area contributed by atoms with Crippen LogP contribution in [0.15, 0.2) is 29.3 Å². The molecule has 3 aromatic rings. The number of amides is 1. The molecule has 0 unspecified atom stereocenters. The third-order valence-corrected chi connectivity index (χ3v) is 6.87. The van der Waals surface area contributed by atoms with Gasteiger partial charge in [-0.3, -0.25) is 14.2 Å². The first kappa shape index (κ1) is 19.2. The summed E-state index contributed by atoms with van der Waals surface area (Å²) in [6.45, 7) is 3.60. The number of fused-ring (bicyclic) bond motifs is 1. The van der Waals surface area contributed by atoms with E-state index >= 15 is 0 Å². The quantitative estimate of drug-likeness (QED) is 0.678. The van der Waals surface area contributed by atoms with Crippen LogP contribution in [0.2, 0.25) is 5.02 Å². The number of aryl methyl sites for hydroxylation is 1. The summed E-state index contributed by atoms with van der Waals surface area (Å²) in [6, 6.07) is 5.29. The standard InChI is InChI=1S/C18H18ClN5O2S2/c1-11-2-3-12(8-13(11)19)21-14(25)9-24-10-20-16-15(17(24)26)28-18(22-16)23-4-6-27-7-5-23/h2-3,8,10H,4-7,9H2,1H3,(H,21,25). The molecule has 0 saturated carbocycles. The highest BCUT2D eigenvalue weighted by atomic mass is 35.5. The van der Waals surface area contributed by atoms with Gasteiger partial charge < -0.3 is 10.2 Å². The van der Waals surface area contributed by atoms with Crippen LogP contribution >= 0.6 is 34.7 Å². The predicted octanol–water partition coefficient (Wildman–Crippen LogP) is 3.01. The molecule has 3 heterocycles. The number of aromatic nitrogens is 3. The van der Waals surface area contributed by atoms with Gasteiger partial charge in [0.1, 0.15) is 17.6 Å². The normalized spacial score (nSPS) is 14.4. The number of carbonyl (C=O) groups excluding carboxylic acids is 1. The lowest BCUT2D eigenvalue weighted by Gasteiger charge is -2.25. The molecule has 0 aliphatic carbocycles. The number of anilines is 2. The second-order valence-corrected chi connectivity index (χ2v) is 9.05. The Bertz CT molecular complexity index is 1090. The maximum absolute atomic E-state index is 12.8. The molecule has 28 heavy (non-hydrogen) atoms. The minimum atomic E-state index is -0.319. The van der Waals surface area contributed by atoms with Crippen LogP contribution in [0.1, 0.15) is 5.56 Å². The first-order valence-corrected chi connectivity index (χ1v) is 11.1. The van der Waals surface area contributed by atoms with Crippen molar-refractivity contribution in [1.29, 1.82) is 0 Å². The van der Waals surface area contributed by atoms with Crippen LogP contribution in [-0.2, 0) is 11.3 Å². The number of thiazole rings is 1. The van der Waals surface area contributed by atoms with Crippen molar-refractivity contribution in [1.82, 2.24) is 14.5 Å². The van der Waals surface area contributed by atoms with Crippen molar-refractivity contribution < 1.29 is 4.79 Å². The van der Waals surface area contributed by atoms with E-state index in [-0.39, 0.29) is 18.0 Å². The summed E-state index contributed by atoms with van der Waals surface area (Å²) in [5, 5.41) is 4.15. The fraction of sp³-hybridized carbons (Fsp3) is 0.333. The molecule has 1 aliphatic rings. The molecule has 7 nitrogen and oxygen atoms in total. The Labute approximate surface area is 174 Å². The molecule has 10 heteroatoms. The van der Waals surface area contributed by atoms with Gasteiger partial charge in [-0.05, 0) is 24.6 Å². The number of benzene rings is 1. The molecular formula is C18H18ClN5O2S2. The first-order valence-electron chi connectivity index (χ1n) is 8.76. The maximum Gasteiger partial charge on any atom is 0.273 e. The van der Waals surface area contributed by atoms with Crippen molar-refractivity contribution >= 4 is 61.8 Å². The summed E-state index contributed by atoms with van der Waals surface area (Å²) in [5.41, 5.74) is 1.70. The Balaban J connectivity index is 1.53. The lowest BCUT2D eigenvalue weighted by Crippen LogP contribution is -2.32. The van der Waals surface area contributed by atoms with Gasteiger partial charge in [0.05, 0.1) is 0 Å². The van der Waals surface area contributed by atoms with E-state index in [1.807, 2.05) is 24.8 Å². The van der Waals surface area contributed by atoms with Crippen LogP contribution in [0.3, 0.4) is 0 Å². The number of nitrogens with one attached hydrogen (secondary N) is 1. The molecular weight excluding hydrogens is 418 g/mol. The molecule has 1 fully saturated rings. The molecule has 2 aromatic heterocycles. The van der Waals surface area contributed by atoms with Gasteiger partial charge in [-0.1, -0.05) is 29.0 Å². The van der Waals surface area contributed by atoms with E-state index < -0.39 is 0 Å². The van der Waals surface area contributed by atoms with Crippen LogP contribution < -0.4 is 15.8 Å². The fourth-order valence-electron chi connectivity index (χ4n) is 2.86. The van der Waals surface area contributed by atoms with E-state index in [1.165, 1.54) is 22.2 Å². The summed E-state index contributed by atoms with van der Waals surface area (Å²) in [5.74, 6) is 1.79. The lowest BCUT2D eigenvalue weighted by molar-refractivity contribution is -0.116. The van der Waals surface area contributed by atoms with Crippen LogP contribution in [-0.4, -0.2) is 45.0 Å². The molecule has 146 valence electrons. The number of carbonyl (C=O) groups is 1. The largest absolute Gasteiger partial charge is 0.346 e. The van der Waals surface area contributed by atoms with Gasteiger partial charge in [-0.25, -0.2) is 4.98 Å². The van der Waals surface area contributed by atoms with E-state index in [0.29, 0.717) is 21.1 Å². The number of hydrogen-bond acceptors (Lipinski definition) is 7. The van der Waals surface area contributed by atoms with Crippen molar-refractivity contribution in [2.45, 2.75) is 13.5 Å². The summed E-state index contributed by atoms with van der Waals surface area (Å²) < 4.78 is 1.78. The molecule has 1 aliphatic heterocycles. The number of rotatable bonds is 4. The van der Waals surface area contributed by atoms with Gasteiger partial charge in [-0.15, -0.1) is 0 Å². The summed E-state index contributed by atoms with van der Waals surface area (Å²) >= 11 is 9.34. The minimum Gasteiger partial charge on any atom is -0.346 e. The van der Waals surface area contributed by atoms with E-state index in [9.17, 15) is 9.59 Å². The zero-order valence-corrected chi connectivity index (χ0v) is 17.5. The summed E-state index contributed by atoms with van der Waals surface area (Å²) in [7, 11) is 0. The van der Waals surface area contributed by atoms with Gasteiger partial charge in [0, 0.05) is 35.3 Å². The molecule has 1 saturated heterocycles. The molecule has 4 rings (SSSR count). The zero-order chi connectivity index (χ0) is 19.7. The van der Waals surface area contributed by atoms with Gasteiger partial charge in [-0.2, -0.15) is 16.7 Å². The van der Waals surface area contributed by atoms with E-state index in [4.69, 9.17) is 11.6 Å². The van der Waals surface area contributed by atoms with Crippen LogP contribution in [0.5, 0.6) is 0 Å². The molecule has 1 N–H and O–H groups in total. The van der Waals surface area contributed by atoms with E-state index in [0.717, 1.165) is 35.3 Å². The van der Waals surface area contributed by atoms with Gasteiger partial charge >= 0.3 is 0 Å². The van der Waals surface area contributed by atoms with Crippen molar-refractivity contribution in [2.24, 2.45) is 0 Å². The van der Waals surface area contributed by atoms with Gasteiger partial charge in [0.15, 0.2) is 10.8 Å². The molecule has 1 aromatic carbocycles. The zero-order valence-electron chi connectivity index (χ0n) is 15.1. The Kier molecular flexibility index (Phi) is 5.56. The van der Waals surface area contributed by atoms with E-state index in [2.05, 4.69) is 20.2 Å². The lowest BCUT2D eigenvalue weighted by atomic mass is 10.2. The summed E-state index contributed by atoms with van der Waals surface area (Å²) in [4.78, 5) is 36.1. The molecule has 1 amide bonds. The molecule has 0 radical (unpaired) electrons. The number of nitrogens with zero attached hydrogens (tertiary/aromatic N) is 4. The smallest absolute Gasteiger partial charge is 0.273 e.